The van der Waals surface area contributed by atoms with E-state index in [-0.39, 0.29) is 23.6 Å². The van der Waals surface area contributed by atoms with Crippen LogP contribution in [-0.4, -0.2) is 16.8 Å². The maximum atomic E-state index is 13.8. The van der Waals surface area contributed by atoms with Crippen LogP contribution in [0.3, 0.4) is 0 Å². The summed E-state index contributed by atoms with van der Waals surface area (Å²) in [6.07, 6.45) is 5.39. The number of hydrogen-bond donors (Lipinski definition) is 1. The van der Waals surface area contributed by atoms with Gasteiger partial charge in [-0.3, -0.25) is 9.78 Å². The first-order valence-electron chi connectivity index (χ1n) is 7.55. The Balaban J connectivity index is 1.77. The minimum Gasteiger partial charge on any atom is -0.328 e. The van der Waals surface area contributed by atoms with Crippen molar-refractivity contribution in [1.29, 1.82) is 0 Å². The van der Waals surface area contributed by atoms with Crippen LogP contribution in [0.5, 0.6) is 0 Å². The zero-order chi connectivity index (χ0) is 15.7. The van der Waals surface area contributed by atoms with Gasteiger partial charge in [0.25, 0.3) is 0 Å². The average Bonchev–Trinajstić information content (AvgIpc) is 2.47. The van der Waals surface area contributed by atoms with Gasteiger partial charge in [0, 0.05) is 40.1 Å². The molecule has 5 heteroatoms. The number of fused-ring (bicyclic) bond motifs is 1. The Morgan fingerprint density at radius 3 is 2.73 bits per heavy atom. The van der Waals surface area contributed by atoms with Crippen molar-refractivity contribution in [3.63, 3.8) is 0 Å². The lowest BCUT2D eigenvalue weighted by Crippen LogP contribution is -2.30. The van der Waals surface area contributed by atoms with E-state index in [2.05, 4.69) is 20.9 Å². The van der Waals surface area contributed by atoms with Crippen LogP contribution in [0.15, 0.2) is 28.9 Å². The Kier molecular flexibility index (Phi) is 4.54. The van der Waals surface area contributed by atoms with Gasteiger partial charge in [-0.05, 0) is 49.3 Å². The second-order valence-electron chi connectivity index (χ2n) is 6.04. The van der Waals surface area contributed by atoms with Crippen molar-refractivity contribution in [3.05, 3.63) is 40.4 Å². The number of carbonyl (C=O) groups is 1. The fraction of sp³-hybridized carbons (Fsp3) is 0.412. The summed E-state index contributed by atoms with van der Waals surface area (Å²) in [5.74, 6) is 0.00165. The molecule has 1 aromatic carbocycles. The van der Waals surface area contributed by atoms with Crippen LogP contribution < -0.4 is 5.73 Å². The van der Waals surface area contributed by atoms with Gasteiger partial charge in [-0.1, -0.05) is 15.9 Å². The first-order chi connectivity index (χ1) is 10.5. The average molecular weight is 365 g/mol. The Labute approximate surface area is 137 Å². The number of nitrogens with two attached hydrogens (primary N) is 1. The SMILES string of the molecule is NC1CCC(C(=O)Cc2cc3cc(Br)cc(F)c3cn2)CC1. The minimum atomic E-state index is -0.309. The van der Waals surface area contributed by atoms with E-state index in [0.717, 1.165) is 31.1 Å². The van der Waals surface area contributed by atoms with Crippen molar-refractivity contribution >= 4 is 32.5 Å². The van der Waals surface area contributed by atoms with Gasteiger partial charge in [-0.15, -0.1) is 0 Å². The summed E-state index contributed by atoms with van der Waals surface area (Å²) in [5, 5.41) is 1.23. The van der Waals surface area contributed by atoms with Crippen molar-refractivity contribution < 1.29 is 9.18 Å². The Hall–Kier alpha value is -1.33. The summed E-state index contributed by atoms with van der Waals surface area (Å²) < 4.78 is 14.5. The topological polar surface area (TPSA) is 56.0 Å². The summed E-state index contributed by atoms with van der Waals surface area (Å²) in [4.78, 5) is 16.6. The third-order valence-electron chi connectivity index (χ3n) is 4.39. The molecule has 2 N–H and O–H groups in total. The number of aromatic nitrogens is 1. The number of Topliss-reactive ketones (excluding diaryl/α,β-unsaturated/α-hetero) is 1. The van der Waals surface area contributed by atoms with E-state index >= 15 is 0 Å². The number of hydrogen-bond acceptors (Lipinski definition) is 3. The monoisotopic (exact) mass is 364 g/mol. The molecule has 22 heavy (non-hydrogen) atoms. The van der Waals surface area contributed by atoms with Crippen LogP contribution in [0.25, 0.3) is 10.8 Å². The number of carbonyl (C=O) groups excluding carboxylic acids is 1. The molecule has 0 radical (unpaired) electrons. The fourth-order valence-corrected chi connectivity index (χ4v) is 3.53. The van der Waals surface area contributed by atoms with Gasteiger partial charge >= 0.3 is 0 Å². The van der Waals surface area contributed by atoms with Crippen LogP contribution in [0.1, 0.15) is 31.4 Å². The van der Waals surface area contributed by atoms with Crippen molar-refractivity contribution in [2.75, 3.05) is 0 Å². The van der Waals surface area contributed by atoms with Gasteiger partial charge in [-0.2, -0.15) is 0 Å². The molecular formula is C17H18BrFN2O. The zero-order valence-corrected chi connectivity index (χ0v) is 13.8. The van der Waals surface area contributed by atoms with Gasteiger partial charge in [0.15, 0.2) is 0 Å². The Bertz CT molecular complexity index is 711. The maximum Gasteiger partial charge on any atom is 0.141 e. The molecule has 0 spiro atoms. The second-order valence-corrected chi connectivity index (χ2v) is 6.95. The molecule has 116 valence electrons. The largest absolute Gasteiger partial charge is 0.328 e. The van der Waals surface area contributed by atoms with E-state index in [1.165, 1.54) is 12.3 Å². The molecule has 1 heterocycles. The molecule has 1 aliphatic rings. The van der Waals surface area contributed by atoms with E-state index in [1.54, 1.807) is 6.07 Å². The number of rotatable bonds is 3. The minimum absolute atomic E-state index is 0.0940. The number of ketones is 1. The molecule has 3 rings (SSSR count). The fourth-order valence-electron chi connectivity index (χ4n) is 3.09. The van der Waals surface area contributed by atoms with Crippen molar-refractivity contribution in [3.8, 4) is 0 Å². The quantitative estimate of drug-likeness (QED) is 0.901. The molecule has 0 aliphatic heterocycles. The predicted molar refractivity (Wildman–Crippen MR) is 88.0 cm³/mol. The highest BCUT2D eigenvalue weighted by Crippen LogP contribution is 2.26. The number of halogens is 2. The van der Waals surface area contributed by atoms with E-state index in [1.807, 2.05) is 6.07 Å². The predicted octanol–water partition coefficient (Wildman–Crippen LogP) is 3.77. The van der Waals surface area contributed by atoms with Crippen LogP contribution >= 0.6 is 15.9 Å². The molecule has 0 atom stereocenters. The number of nitrogens with zero attached hydrogens (tertiary/aromatic N) is 1. The molecule has 2 aromatic rings. The van der Waals surface area contributed by atoms with Crippen LogP contribution in [-0.2, 0) is 11.2 Å². The molecule has 1 aliphatic carbocycles. The molecule has 3 nitrogen and oxygen atoms in total. The Morgan fingerprint density at radius 1 is 1.27 bits per heavy atom. The molecule has 1 saturated carbocycles. The molecule has 0 amide bonds. The van der Waals surface area contributed by atoms with Crippen molar-refractivity contribution in [2.24, 2.45) is 11.7 Å². The first-order valence-corrected chi connectivity index (χ1v) is 8.34. The molecule has 1 aromatic heterocycles. The lowest BCUT2D eigenvalue weighted by molar-refractivity contribution is -0.123. The summed E-state index contributed by atoms with van der Waals surface area (Å²) in [6.45, 7) is 0. The molecule has 0 unspecified atom stereocenters. The highest BCUT2D eigenvalue weighted by Gasteiger charge is 2.24. The second kappa shape index (κ2) is 6.42. The summed E-state index contributed by atoms with van der Waals surface area (Å²) in [6, 6.07) is 5.30. The molecular weight excluding hydrogens is 347 g/mol. The standard InChI is InChI=1S/C17H18BrFN2O/c18-12-5-11-6-14(21-9-15(11)16(19)7-12)8-17(22)10-1-3-13(20)4-2-10/h5-7,9-10,13H,1-4,8,20H2. The summed E-state index contributed by atoms with van der Waals surface area (Å²) >= 11 is 3.29. The summed E-state index contributed by atoms with van der Waals surface area (Å²) in [7, 11) is 0. The van der Waals surface area contributed by atoms with Crippen LogP contribution in [0.4, 0.5) is 4.39 Å². The lowest BCUT2D eigenvalue weighted by Gasteiger charge is -2.24. The first kappa shape index (κ1) is 15.6. The van der Waals surface area contributed by atoms with Crippen molar-refractivity contribution in [1.82, 2.24) is 4.98 Å². The van der Waals surface area contributed by atoms with Gasteiger partial charge in [0.05, 0.1) is 0 Å². The van der Waals surface area contributed by atoms with Crippen molar-refractivity contribution in [2.45, 2.75) is 38.1 Å². The number of benzene rings is 1. The van der Waals surface area contributed by atoms with E-state index < -0.39 is 0 Å². The van der Waals surface area contributed by atoms with Gasteiger partial charge in [-0.25, -0.2) is 4.39 Å². The zero-order valence-electron chi connectivity index (χ0n) is 12.2. The third-order valence-corrected chi connectivity index (χ3v) is 4.85. The van der Waals surface area contributed by atoms with Gasteiger partial charge in [0.2, 0.25) is 0 Å². The molecule has 0 saturated heterocycles. The van der Waals surface area contributed by atoms with Crippen LogP contribution in [0, 0.1) is 11.7 Å². The van der Waals surface area contributed by atoms with E-state index in [9.17, 15) is 9.18 Å². The maximum absolute atomic E-state index is 13.8. The van der Waals surface area contributed by atoms with Gasteiger partial charge < -0.3 is 5.73 Å². The number of pyridine rings is 1. The molecule has 0 bridgehead atoms. The van der Waals surface area contributed by atoms with Gasteiger partial charge in [0.1, 0.15) is 11.6 Å². The Morgan fingerprint density at radius 2 is 2.00 bits per heavy atom. The van der Waals surface area contributed by atoms with E-state index in [0.29, 0.717) is 22.0 Å². The molecule has 1 fully saturated rings. The highest BCUT2D eigenvalue weighted by molar-refractivity contribution is 9.10. The smallest absolute Gasteiger partial charge is 0.141 e. The normalized spacial score (nSPS) is 22.0. The highest BCUT2D eigenvalue weighted by atomic mass is 79.9. The summed E-state index contributed by atoms with van der Waals surface area (Å²) in [5.41, 5.74) is 6.58. The van der Waals surface area contributed by atoms with E-state index in [4.69, 9.17) is 5.73 Å². The van der Waals surface area contributed by atoms with Crippen LogP contribution in [0.2, 0.25) is 0 Å². The lowest BCUT2D eigenvalue weighted by atomic mass is 9.82. The third kappa shape index (κ3) is 3.36.